The van der Waals surface area contributed by atoms with E-state index in [-0.39, 0.29) is 17.1 Å². The molecule has 0 aliphatic rings. The Morgan fingerprint density at radius 3 is 2.05 bits per heavy atom. The van der Waals surface area contributed by atoms with Gasteiger partial charge in [-0.15, -0.1) is 0 Å². The van der Waals surface area contributed by atoms with Crippen molar-refractivity contribution in [2.45, 2.75) is 66.5 Å². The van der Waals surface area contributed by atoms with Gasteiger partial charge in [-0.3, -0.25) is 0 Å². The Labute approximate surface area is 128 Å². The van der Waals surface area contributed by atoms with Crippen LogP contribution in [0.1, 0.15) is 54.9 Å². The number of nitrogens with zero attached hydrogens (tertiary/aromatic N) is 3. The molecular weight excluding hydrogens is 266 g/mol. The molecule has 6 heteroatoms. The largest absolute Gasteiger partial charge is 0.461 e. The maximum absolute atomic E-state index is 5.57. The first-order chi connectivity index (χ1) is 9.50. The lowest BCUT2D eigenvalue weighted by atomic mass is 9.82. The summed E-state index contributed by atoms with van der Waals surface area (Å²) in [6, 6.07) is 0.332. The lowest BCUT2D eigenvalue weighted by Gasteiger charge is -2.33. The van der Waals surface area contributed by atoms with Gasteiger partial charge in [-0.1, -0.05) is 20.8 Å². The Hall–Kier alpha value is -1.59. The second kappa shape index (κ2) is 6.45. The van der Waals surface area contributed by atoms with Gasteiger partial charge in [0.25, 0.3) is 0 Å². The predicted molar refractivity (Wildman–Crippen MR) is 86.9 cm³/mol. The van der Waals surface area contributed by atoms with Crippen LogP contribution in [0.25, 0.3) is 0 Å². The van der Waals surface area contributed by atoms with E-state index in [1.165, 1.54) is 0 Å². The molecule has 0 aromatic carbocycles. The maximum atomic E-state index is 5.57. The molecule has 0 amide bonds. The van der Waals surface area contributed by atoms with Gasteiger partial charge in [-0.05, 0) is 39.5 Å². The number of hydrogen-bond acceptors (Lipinski definition) is 6. The van der Waals surface area contributed by atoms with Crippen LogP contribution in [0.2, 0.25) is 0 Å². The van der Waals surface area contributed by atoms with E-state index in [4.69, 9.17) is 4.74 Å². The van der Waals surface area contributed by atoms with Gasteiger partial charge in [-0.2, -0.15) is 15.0 Å². The Balaban J connectivity index is 2.96. The first kappa shape index (κ1) is 17.5. The van der Waals surface area contributed by atoms with Gasteiger partial charge in [0.1, 0.15) is 0 Å². The normalized spacial score (nSPS) is 12.4. The molecular formula is C15H29N5O. The molecule has 1 heterocycles. The summed E-state index contributed by atoms with van der Waals surface area (Å²) in [5.41, 5.74) is 0.0896. The predicted octanol–water partition coefficient (Wildman–Crippen LogP) is 3.33. The van der Waals surface area contributed by atoms with E-state index in [0.29, 0.717) is 17.9 Å². The fourth-order valence-electron chi connectivity index (χ4n) is 2.46. The third-order valence-corrected chi connectivity index (χ3v) is 2.60. The lowest BCUT2D eigenvalue weighted by molar-refractivity contribution is 0.222. The minimum atomic E-state index is -0.125. The van der Waals surface area contributed by atoms with Gasteiger partial charge in [0.05, 0.1) is 6.10 Å². The fourth-order valence-corrected chi connectivity index (χ4v) is 2.46. The second-order valence-corrected chi connectivity index (χ2v) is 7.43. The molecule has 0 saturated carbocycles. The van der Waals surface area contributed by atoms with Crippen molar-refractivity contribution in [1.29, 1.82) is 0 Å². The molecule has 1 aromatic heterocycles. The number of ether oxygens (including phenoxy) is 1. The van der Waals surface area contributed by atoms with E-state index in [9.17, 15) is 0 Å². The highest BCUT2D eigenvalue weighted by atomic mass is 16.5. The van der Waals surface area contributed by atoms with Gasteiger partial charge < -0.3 is 15.4 Å². The van der Waals surface area contributed by atoms with Crippen LogP contribution < -0.4 is 15.4 Å². The van der Waals surface area contributed by atoms with Gasteiger partial charge in [-0.25, -0.2) is 0 Å². The van der Waals surface area contributed by atoms with E-state index < -0.39 is 0 Å². The number of nitrogens with one attached hydrogen (secondary N) is 2. The molecule has 0 aliphatic carbocycles. The highest BCUT2D eigenvalue weighted by molar-refractivity contribution is 5.37. The summed E-state index contributed by atoms with van der Waals surface area (Å²) in [7, 11) is 1.78. The molecule has 0 unspecified atom stereocenters. The highest BCUT2D eigenvalue weighted by Crippen LogP contribution is 2.29. The Kier molecular flexibility index (Phi) is 5.36. The van der Waals surface area contributed by atoms with Crippen molar-refractivity contribution in [3.63, 3.8) is 0 Å². The van der Waals surface area contributed by atoms with Crippen LogP contribution in [0.4, 0.5) is 11.9 Å². The zero-order valence-corrected chi connectivity index (χ0v) is 14.5. The first-order valence-electron chi connectivity index (χ1n) is 7.39. The minimum absolute atomic E-state index is 0.0209. The molecule has 1 aromatic rings. The average molecular weight is 295 g/mol. The summed E-state index contributed by atoms with van der Waals surface area (Å²) in [6.45, 7) is 14.8. The molecule has 0 atom stereocenters. The maximum Gasteiger partial charge on any atom is 0.323 e. The third kappa shape index (κ3) is 6.60. The van der Waals surface area contributed by atoms with Crippen molar-refractivity contribution in [3.05, 3.63) is 0 Å². The number of aromatic nitrogens is 3. The Morgan fingerprint density at radius 2 is 1.57 bits per heavy atom. The molecule has 0 radical (unpaired) electrons. The van der Waals surface area contributed by atoms with Crippen molar-refractivity contribution in [2.24, 2.45) is 5.41 Å². The summed E-state index contributed by atoms with van der Waals surface area (Å²) >= 11 is 0. The molecule has 0 bridgehead atoms. The van der Waals surface area contributed by atoms with Crippen LogP contribution in [-0.4, -0.2) is 33.6 Å². The molecule has 0 spiro atoms. The lowest BCUT2D eigenvalue weighted by Crippen LogP contribution is -2.36. The van der Waals surface area contributed by atoms with E-state index in [0.717, 1.165) is 6.42 Å². The number of anilines is 2. The van der Waals surface area contributed by atoms with E-state index in [1.807, 2.05) is 13.8 Å². The molecule has 1 rings (SSSR count). The summed E-state index contributed by atoms with van der Waals surface area (Å²) in [6.07, 6.45) is 1.01. The van der Waals surface area contributed by atoms with Crippen molar-refractivity contribution in [3.8, 4) is 6.01 Å². The molecule has 0 aliphatic heterocycles. The van der Waals surface area contributed by atoms with Crippen LogP contribution in [0.3, 0.4) is 0 Å². The third-order valence-electron chi connectivity index (χ3n) is 2.60. The molecule has 0 fully saturated rings. The van der Waals surface area contributed by atoms with Crippen molar-refractivity contribution < 1.29 is 4.74 Å². The Morgan fingerprint density at radius 1 is 1.00 bits per heavy atom. The van der Waals surface area contributed by atoms with Crippen LogP contribution in [-0.2, 0) is 0 Å². The molecule has 0 saturated heterocycles. The van der Waals surface area contributed by atoms with Crippen molar-refractivity contribution in [1.82, 2.24) is 15.0 Å². The smallest absolute Gasteiger partial charge is 0.323 e. The number of rotatable bonds is 6. The zero-order chi connectivity index (χ0) is 16.3. The second-order valence-electron chi connectivity index (χ2n) is 7.43. The van der Waals surface area contributed by atoms with Gasteiger partial charge in [0.15, 0.2) is 0 Å². The van der Waals surface area contributed by atoms with E-state index in [2.05, 4.69) is 60.2 Å². The minimum Gasteiger partial charge on any atom is -0.461 e. The molecule has 120 valence electrons. The van der Waals surface area contributed by atoms with E-state index in [1.54, 1.807) is 7.05 Å². The molecule has 2 N–H and O–H groups in total. The van der Waals surface area contributed by atoms with Crippen LogP contribution in [0.5, 0.6) is 6.01 Å². The standard InChI is InChI=1S/C15H29N5O/c1-10(2)21-13-18-11(16-8)17-12(19-13)20-15(6,7)9-14(3,4)5/h10H,9H2,1-8H3,(H2,16,17,18,19,20). The summed E-state index contributed by atoms with van der Waals surface area (Å²) < 4.78 is 5.57. The molecule has 6 nitrogen and oxygen atoms in total. The van der Waals surface area contributed by atoms with Crippen LogP contribution in [0, 0.1) is 5.41 Å². The van der Waals surface area contributed by atoms with Crippen molar-refractivity contribution >= 4 is 11.9 Å². The summed E-state index contributed by atoms with van der Waals surface area (Å²) in [5, 5.41) is 6.31. The average Bonchev–Trinajstić information content (AvgIpc) is 2.22. The first-order valence-corrected chi connectivity index (χ1v) is 7.39. The van der Waals surface area contributed by atoms with Gasteiger partial charge in [0.2, 0.25) is 11.9 Å². The number of hydrogen-bond donors (Lipinski definition) is 2. The van der Waals surface area contributed by atoms with Gasteiger partial charge in [0, 0.05) is 12.6 Å². The van der Waals surface area contributed by atoms with Gasteiger partial charge >= 0.3 is 6.01 Å². The summed E-state index contributed by atoms with van der Waals surface area (Å²) in [4.78, 5) is 12.9. The van der Waals surface area contributed by atoms with E-state index >= 15 is 0 Å². The van der Waals surface area contributed by atoms with Crippen molar-refractivity contribution in [2.75, 3.05) is 17.7 Å². The molecule has 21 heavy (non-hydrogen) atoms. The topological polar surface area (TPSA) is 72.0 Å². The SMILES string of the molecule is CNc1nc(NC(C)(C)CC(C)(C)C)nc(OC(C)C)n1. The quantitative estimate of drug-likeness (QED) is 0.838. The highest BCUT2D eigenvalue weighted by Gasteiger charge is 2.26. The zero-order valence-electron chi connectivity index (χ0n) is 14.5. The van der Waals surface area contributed by atoms with Crippen LogP contribution in [0.15, 0.2) is 0 Å². The monoisotopic (exact) mass is 295 g/mol. The fraction of sp³-hybridized carbons (Fsp3) is 0.800. The summed E-state index contributed by atoms with van der Waals surface area (Å²) in [5.74, 6) is 1.02. The Bertz CT molecular complexity index is 466. The van der Waals surface area contributed by atoms with Crippen LogP contribution >= 0.6 is 0 Å².